The van der Waals surface area contributed by atoms with E-state index in [-0.39, 0.29) is 6.17 Å². The molecule has 3 nitrogen and oxygen atoms in total. The number of aryl methyl sites for hydroxylation is 2. The Morgan fingerprint density at radius 2 is 1.45 bits per heavy atom. The second kappa shape index (κ2) is 7.67. The topological polar surface area (TPSA) is 15.7 Å². The molecule has 1 aliphatic heterocycles. The lowest BCUT2D eigenvalue weighted by atomic mass is 9.99. The van der Waals surface area contributed by atoms with Gasteiger partial charge < -0.3 is 14.5 Å². The Morgan fingerprint density at radius 1 is 0.897 bits per heavy atom. The van der Waals surface area contributed by atoms with Gasteiger partial charge in [-0.3, -0.25) is 0 Å². The van der Waals surface area contributed by atoms with Crippen LogP contribution in [0.2, 0.25) is 0 Å². The summed E-state index contributed by atoms with van der Waals surface area (Å²) in [5.74, 6) is 0.914. The molecular weight excluding hydrogens is 356 g/mol. The van der Waals surface area contributed by atoms with Crippen LogP contribution in [0, 0.1) is 13.8 Å². The third kappa shape index (κ3) is 3.49. The number of hydrogen-bond acceptors (Lipinski definition) is 3. The number of rotatable bonds is 5. The second-order valence-corrected chi connectivity index (χ2v) is 7.79. The first-order valence-corrected chi connectivity index (χ1v) is 9.99. The quantitative estimate of drug-likeness (QED) is 0.528. The van der Waals surface area contributed by atoms with Gasteiger partial charge in [0.2, 0.25) is 0 Å². The monoisotopic (exact) mass is 384 g/mol. The summed E-state index contributed by atoms with van der Waals surface area (Å²) in [7, 11) is 4.34. The van der Waals surface area contributed by atoms with Crippen LogP contribution in [0.15, 0.2) is 67.2 Å². The summed E-state index contributed by atoms with van der Waals surface area (Å²) in [5, 5.41) is 0. The maximum atomic E-state index is 6.11. The molecule has 1 heterocycles. The highest BCUT2D eigenvalue weighted by Gasteiger charge is 2.33. The SMILES string of the molecule is C=Cc1ccc(COc2cc(C)c(C3N(C)c4ccccc4N3C)c(C)c2)cc1. The van der Waals surface area contributed by atoms with Crippen LogP contribution < -0.4 is 14.5 Å². The molecule has 0 saturated carbocycles. The van der Waals surface area contributed by atoms with Crippen LogP contribution in [0.25, 0.3) is 6.08 Å². The zero-order valence-electron chi connectivity index (χ0n) is 17.6. The van der Waals surface area contributed by atoms with Crippen molar-refractivity contribution in [2.45, 2.75) is 26.6 Å². The van der Waals surface area contributed by atoms with Gasteiger partial charge in [0, 0.05) is 19.7 Å². The molecule has 148 valence electrons. The molecule has 0 aliphatic carbocycles. The molecule has 3 heteroatoms. The molecule has 0 unspecified atom stereocenters. The van der Waals surface area contributed by atoms with Crippen LogP contribution in [0.5, 0.6) is 5.75 Å². The summed E-state index contributed by atoms with van der Waals surface area (Å²) in [6.45, 7) is 8.72. The minimum absolute atomic E-state index is 0.188. The van der Waals surface area contributed by atoms with E-state index >= 15 is 0 Å². The smallest absolute Gasteiger partial charge is 0.128 e. The van der Waals surface area contributed by atoms with E-state index in [2.05, 4.69) is 105 Å². The molecule has 0 bridgehead atoms. The highest BCUT2D eigenvalue weighted by atomic mass is 16.5. The summed E-state index contributed by atoms with van der Waals surface area (Å²) in [6.07, 6.45) is 2.04. The lowest BCUT2D eigenvalue weighted by molar-refractivity contribution is 0.305. The zero-order chi connectivity index (χ0) is 20.5. The minimum atomic E-state index is 0.188. The van der Waals surface area contributed by atoms with Crippen LogP contribution in [-0.4, -0.2) is 14.1 Å². The van der Waals surface area contributed by atoms with Crippen molar-refractivity contribution >= 4 is 17.5 Å². The Bertz CT molecular complexity index is 987. The molecule has 0 aromatic heterocycles. The van der Waals surface area contributed by atoms with Gasteiger partial charge in [-0.2, -0.15) is 0 Å². The maximum Gasteiger partial charge on any atom is 0.128 e. The number of ether oxygens (including phenoxy) is 1. The second-order valence-electron chi connectivity index (χ2n) is 7.79. The third-order valence-electron chi connectivity index (χ3n) is 5.82. The normalized spacial score (nSPS) is 13.5. The van der Waals surface area contributed by atoms with E-state index in [4.69, 9.17) is 4.74 Å². The predicted molar refractivity (Wildman–Crippen MR) is 123 cm³/mol. The number of benzene rings is 3. The van der Waals surface area contributed by atoms with Gasteiger partial charge in [-0.05, 0) is 60.4 Å². The summed E-state index contributed by atoms with van der Waals surface area (Å²) in [4.78, 5) is 4.71. The molecule has 3 aromatic rings. The fourth-order valence-electron chi connectivity index (χ4n) is 4.31. The fraction of sp³-hybridized carbons (Fsp3) is 0.231. The Hall–Kier alpha value is -3.20. The molecule has 29 heavy (non-hydrogen) atoms. The predicted octanol–water partition coefficient (Wildman–Crippen LogP) is 6.11. The van der Waals surface area contributed by atoms with E-state index < -0.39 is 0 Å². The Balaban J connectivity index is 1.57. The number of nitrogens with zero attached hydrogens (tertiary/aromatic N) is 2. The highest BCUT2D eigenvalue weighted by molar-refractivity contribution is 5.78. The van der Waals surface area contributed by atoms with Crippen LogP contribution >= 0.6 is 0 Å². The van der Waals surface area contributed by atoms with Gasteiger partial charge >= 0.3 is 0 Å². The molecule has 0 amide bonds. The van der Waals surface area contributed by atoms with Crippen molar-refractivity contribution in [1.29, 1.82) is 0 Å². The molecule has 3 aromatic carbocycles. The van der Waals surface area contributed by atoms with Gasteiger partial charge in [-0.1, -0.05) is 49.1 Å². The van der Waals surface area contributed by atoms with Crippen molar-refractivity contribution in [2.75, 3.05) is 23.9 Å². The Morgan fingerprint density at radius 3 is 1.97 bits per heavy atom. The lowest BCUT2D eigenvalue weighted by Crippen LogP contribution is -2.31. The van der Waals surface area contributed by atoms with Crippen LogP contribution in [0.1, 0.15) is 34.0 Å². The molecule has 0 atom stereocenters. The van der Waals surface area contributed by atoms with Crippen LogP contribution in [0.3, 0.4) is 0 Å². The molecule has 0 saturated heterocycles. The first kappa shape index (κ1) is 19.1. The minimum Gasteiger partial charge on any atom is -0.489 e. The summed E-state index contributed by atoms with van der Waals surface area (Å²) in [6, 6.07) is 21.2. The van der Waals surface area contributed by atoms with Crippen molar-refractivity contribution in [2.24, 2.45) is 0 Å². The fourth-order valence-corrected chi connectivity index (χ4v) is 4.31. The molecular formula is C26H28N2O. The van der Waals surface area contributed by atoms with Gasteiger partial charge in [0.1, 0.15) is 18.5 Å². The standard InChI is InChI=1S/C26H28N2O/c1-6-20-11-13-21(14-12-20)17-29-22-15-18(2)25(19(3)16-22)26-27(4)23-9-7-8-10-24(23)28(26)5/h6-16,26H,1,17H2,2-5H3. The van der Waals surface area contributed by atoms with Gasteiger partial charge in [0.05, 0.1) is 11.4 Å². The third-order valence-corrected chi connectivity index (χ3v) is 5.82. The van der Waals surface area contributed by atoms with E-state index in [9.17, 15) is 0 Å². The number of fused-ring (bicyclic) bond motifs is 1. The number of para-hydroxylation sites is 2. The summed E-state index contributed by atoms with van der Waals surface area (Å²) in [5.41, 5.74) is 8.64. The van der Waals surface area contributed by atoms with Gasteiger partial charge in [-0.15, -0.1) is 0 Å². The molecule has 0 N–H and O–H groups in total. The van der Waals surface area contributed by atoms with E-state index in [1.54, 1.807) is 0 Å². The van der Waals surface area contributed by atoms with Gasteiger partial charge in [0.15, 0.2) is 0 Å². The molecule has 0 radical (unpaired) electrons. The molecule has 4 rings (SSSR count). The average molecular weight is 385 g/mol. The Labute approximate surface area is 173 Å². The maximum absolute atomic E-state index is 6.11. The van der Waals surface area contributed by atoms with Crippen molar-refractivity contribution < 1.29 is 4.74 Å². The first-order chi connectivity index (χ1) is 14.0. The van der Waals surface area contributed by atoms with Crippen molar-refractivity contribution in [3.63, 3.8) is 0 Å². The number of hydrogen-bond donors (Lipinski definition) is 0. The van der Waals surface area contributed by atoms with Crippen molar-refractivity contribution in [1.82, 2.24) is 0 Å². The van der Waals surface area contributed by atoms with E-state index in [0.29, 0.717) is 6.61 Å². The molecule has 0 fully saturated rings. The highest BCUT2D eigenvalue weighted by Crippen LogP contribution is 2.46. The van der Waals surface area contributed by atoms with Crippen molar-refractivity contribution in [3.8, 4) is 5.75 Å². The van der Waals surface area contributed by atoms with Gasteiger partial charge in [0.25, 0.3) is 0 Å². The summed E-state index contributed by atoms with van der Waals surface area (Å²) < 4.78 is 6.11. The Kier molecular flexibility index (Phi) is 5.06. The lowest BCUT2D eigenvalue weighted by Gasteiger charge is -2.31. The average Bonchev–Trinajstić information content (AvgIpc) is 2.98. The largest absolute Gasteiger partial charge is 0.489 e. The van der Waals surface area contributed by atoms with E-state index in [0.717, 1.165) is 16.9 Å². The van der Waals surface area contributed by atoms with Crippen LogP contribution in [0.4, 0.5) is 11.4 Å². The van der Waals surface area contributed by atoms with Crippen LogP contribution in [-0.2, 0) is 6.61 Å². The molecule has 1 aliphatic rings. The van der Waals surface area contributed by atoms with Crippen molar-refractivity contribution in [3.05, 3.63) is 95.1 Å². The zero-order valence-corrected chi connectivity index (χ0v) is 17.6. The van der Waals surface area contributed by atoms with E-state index in [1.807, 2.05) is 6.08 Å². The van der Waals surface area contributed by atoms with E-state index in [1.165, 1.54) is 28.1 Å². The molecule has 0 spiro atoms. The summed E-state index contributed by atoms with van der Waals surface area (Å²) >= 11 is 0. The van der Waals surface area contributed by atoms with Gasteiger partial charge in [-0.25, -0.2) is 0 Å². The number of anilines is 2. The first-order valence-electron chi connectivity index (χ1n) is 9.99.